The summed E-state index contributed by atoms with van der Waals surface area (Å²) in [4.78, 5) is 11.5. The quantitative estimate of drug-likeness (QED) is 0.691. The van der Waals surface area contributed by atoms with E-state index in [4.69, 9.17) is 5.11 Å². The Morgan fingerprint density at radius 1 is 1.46 bits per heavy atom. The normalized spacial score (nSPS) is 21.1. The fourth-order valence-corrected chi connectivity index (χ4v) is 1.76. The highest BCUT2D eigenvalue weighted by atomic mass is 16.3. The molecule has 1 atom stereocenters. The van der Waals surface area contributed by atoms with Gasteiger partial charge in [-0.3, -0.25) is 4.79 Å². The molecule has 0 unspecified atom stereocenters. The highest BCUT2D eigenvalue weighted by Crippen LogP contribution is 2.23. The van der Waals surface area contributed by atoms with Crippen molar-refractivity contribution in [2.24, 2.45) is 5.92 Å². The number of rotatable bonds is 3. The Kier molecular flexibility index (Phi) is 4.22. The molecule has 1 amide bonds. The smallest absolute Gasteiger partial charge is 0.223 e. The lowest BCUT2D eigenvalue weighted by atomic mass is 9.89. The van der Waals surface area contributed by atoms with Gasteiger partial charge in [0, 0.05) is 12.5 Å². The van der Waals surface area contributed by atoms with Crippen LogP contribution in [-0.4, -0.2) is 23.7 Å². The first-order chi connectivity index (χ1) is 6.20. The molecule has 0 bridgehead atoms. The molecule has 0 aromatic carbocycles. The van der Waals surface area contributed by atoms with Gasteiger partial charge in [0.2, 0.25) is 5.91 Å². The maximum atomic E-state index is 11.5. The number of hydrogen-bond donors (Lipinski definition) is 2. The number of aliphatic hydroxyl groups excluding tert-OH is 1. The minimum atomic E-state index is -0.437. The van der Waals surface area contributed by atoms with Crippen molar-refractivity contribution in [1.82, 2.24) is 5.32 Å². The number of aliphatic hydroxyl groups is 1. The third kappa shape index (κ3) is 3.77. The molecule has 0 aliphatic heterocycles. The first-order valence-electron chi connectivity index (χ1n) is 5.16. The lowest BCUT2D eigenvalue weighted by Gasteiger charge is -2.21. The molecule has 0 heterocycles. The Morgan fingerprint density at radius 2 is 2.08 bits per heavy atom. The monoisotopic (exact) mass is 185 g/mol. The zero-order valence-corrected chi connectivity index (χ0v) is 8.25. The lowest BCUT2D eigenvalue weighted by molar-refractivity contribution is -0.126. The van der Waals surface area contributed by atoms with Crippen LogP contribution in [0.5, 0.6) is 0 Å². The van der Waals surface area contributed by atoms with Crippen LogP contribution < -0.4 is 5.32 Å². The van der Waals surface area contributed by atoms with Crippen molar-refractivity contribution in [1.29, 1.82) is 0 Å². The lowest BCUT2D eigenvalue weighted by Crippen LogP contribution is -2.36. The average molecular weight is 185 g/mol. The first-order valence-corrected chi connectivity index (χ1v) is 5.16. The van der Waals surface area contributed by atoms with Crippen molar-refractivity contribution in [3.05, 3.63) is 0 Å². The van der Waals surface area contributed by atoms with E-state index in [0.717, 1.165) is 12.8 Å². The van der Waals surface area contributed by atoms with E-state index in [1.165, 1.54) is 19.3 Å². The molecule has 2 N–H and O–H groups in total. The second-order valence-electron chi connectivity index (χ2n) is 3.93. The molecule has 13 heavy (non-hydrogen) atoms. The number of carbonyl (C=O) groups excluding carboxylic acids is 1. The van der Waals surface area contributed by atoms with Crippen LogP contribution in [0.15, 0.2) is 0 Å². The average Bonchev–Trinajstić information content (AvgIpc) is 2.15. The summed E-state index contributed by atoms with van der Waals surface area (Å²) in [5, 5.41) is 11.7. The van der Waals surface area contributed by atoms with Gasteiger partial charge in [-0.25, -0.2) is 0 Å². The van der Waals surface area contributed by atoms with Gasteiger partial charge >= 0.3 is 0 Å². The van der Waals surface area contributed by atoms with E-state index in [1.807, 2.05) is 0 Å². The van der Waals surface area contributed by atoms with Crippen LogP contribution in [0.1, 0.15) is 39.0 Å². The third-order valence-corrected chi connectivity index (χ3v) is 2.55. The molecule has 0 spiro atoms. The Bertz CT molecular complexity index is 162. The van der Waals surface area contributed by atoms with E-state index in [-0.39, 0.29) is 11.8 Å². The highest BCUT2D eigenvalue weighted by molar-refractivity contribution is 5.78. The number of hydrogen-bond acceptors (Lipinski definition) is 2. The molecule has 76 valence electrons. The van der Waals surface area contributed by atoms with Gasteiger partial charge in [0.15, 0.2) is 0 Å². The Labute approximate surface area is 79.5 Å². The summed E-state index contributed by atoms with van der Waals surface area (Å²) in [6.45, 7) is 2.07. The van der Waals surface area contributed by atoms with Crippen LogP contribution in [0.25, 0.3) is 0 Å². The standard InChI is InChI=1S/C10H19NO2/c1-8(12)7-11-10(13)9-5-3-2-4-6-9/h8-9,12H,2-7H2,1H3,(H,11,13)/t8-/m1/s1. The molecule has 3 heteroatoms. The van der Waals surface area contributed by atoms with Crippen LogP contribution in [0, 0.1) is 5.92 Å². The van der Waals surface area contributed by atoms with E-state index in [9.17, 15) is 4.79 Å². The Morgan fingerprint density at radius 3 is 2.62 bits per heavy atom. The van der Waals surface area contributed by atoms with Crippen molar-refractivity contribution in [3.63, 3.8) is 0 Å². The minimum absolute atomic E-state index is 0.126. The molecular formula is C10H19NO2. The molecule has 0 aromatic rings. The van der Waals surface area contributed by atoms with Gasteiger partial charge in [0.05, 0.1) is 6.10 Å². The van der Waals surface area contributed by atoms with E-state index < -0.39 is 6.10 Å². The van der Waals surface area contributed by atoms with Crippen molar-refractivity contribution >= 4 is 5.91 Å². The van der Waals surface area contributed by atoms with Crippen molar-refractivity contribution in [2.45, 2.75) is 45.1 Å². The van der Waals surface area contributed by atoms with Gasteiger partial charge in [0.25, 0.3) is 0 Å². The zero-order valence-electron chi connectivity index (χ0n) is 8.25. The van der Waals surface area contributed by atoms with Gasteiger partial charge < -0.3 is 10.4 Å². The van der Waals surface area contributed by atoms with Crippen molar-refractivity contribution in [2.75, 3.05) is 6.54 Å². The maximum Gasteiger partial charge on any atom is 0.223 e. The summed E-state index contributed by atoms with van der Waals surface area (Å²) < 4.78 is 0. The summed E-state index contributed by atoms with van der Waals surface area (Å²) in [6.07, 6.45) is 5.21. The van der Waals surface area contributed by atoms with Crippen LogP contribution in [0.2, 0.25) is 0 Å². The van der Waals surface area contributed by atoms with Crippen LogP contribution >= 0.6 is 0 Å². The number of amides is 1. The second kappa shape index (κ2) is 5.22. The molecule has 1 aliphatic carbocycles. The fraction of sp³-hybridized carbons (Fsp3) is 0.900. The third-order valence-electron chi connectivity index (χ3n) is 2.55. The topological polar surface area (TPSA) is 49.3 Å². The summed E-state index contributed by atoms with van der Waals surface area (Å²) in [6, 6.07) is 0. The molecule has 1 saturated carbocycles. The molecule has 0 saturated heterocycles. The highest BCUT2D eigenvalue weighted by Gasteiger charge is 2.20. The maximum absolute atomic E-state index is 11.5. The van der Waals surface area contributed by atoms with Gasteiger partial charge in [-0.05, 0) is 19.8 Å². The molecule has 1 fully saturated rings. The van der Waals surface area contributed by atoms with Crippen LogP contribution in [0.4, 0.5) is 0 Å². The van der Waals surface area contributed by atoms with Crippen molar-refractivity contribution < 1.29 is 9.90 Å². The summed E-state index contributed by atoms with van der Waals surface area (Å²) >= 11 is 0. The fourth-order valence-electron chi connectivity index (χ4n) is 1.76. The van der Waals surface area contributed by atoms with Gasteiger partial charge in [0.1, 0.15) is 0 Å². The Balaban J connectivity index is 2.21. The molecular weight excluding hydrogens is 166 g/mol. The molecule has 0 aromatic heterocycles. The first kappa shape index (κ1) is 10.5. The second-order valence-corrected chi connectivity index (χ2v) is 3.93. The predicted molar refractivity (Wildman–Crippen MR) is 51.3 cm³/mol. The SMILES string of the molecule is C[C@@H](O)CNC(=O)C1CCCCC1. The van der Waals surface area contributed by atoms with E-state index in [2.05, 4.69) is 5.32 Å². The van der Waals surface area contributed by atoms with Crippen LogP contribution in [0.3, 0.4) is 0 Å². The van der Waals surface area contributed by atoms with E-state index >= 15 is 0 Å². The largest absolute Gasteiger partial charge is 0.392 e. The van der Waals surface area contributed by atoms with Gasteiger partial charge in [-0.2, -0.15) is 0 Å². The Hall–Kier alpha value is -0.570. The van der Waals surface area contributed by atoms with Gasteiger partial charge in [-0.1, -0.05) is 19.3 Å². The van der Waals surface area contributed by atoms with Crippen LogP contribution in [-0.2, 0) is 4.79 Å². The number of nitrogens with one attached hydrogen (secondary N) is 1. The molecule has 3 nitrogen and oxygen atoms in total. The summed E-state index contributed by atoms with van der Waals surface area (Å²) in [5.74, 6) is 0.327. The molecule has 1 rings (SSSR count). The van der Waals surface area contributed by atoms with E-state index in [0.29, 0.717) is 6.54 Å². The molecule has 1 aliphatic rings. The predicted octanol–water partition coefficient (Wildman–Crippen LogP) is 1.06. The van der Waals surface area contributed by atoms with Crippen molar-refractivity contribution in [3.8, 4) is 0 Å². The number of carbonyl (C=O) groups is 1. The molecule has 0 radical (unpaired) electrons. The summed E-state index contributed by atoms with van der Waals surface area (Å²) in [5.41, 5.74) is 0. The van der Waals surface area contributed by atoms with E-state index in [1.54, 1.807) is 6.92 Å². The minimum Gasteiger partial charge on any atom is -0.392 e. The summed E-state index contributed by atoms with van der Waals surface area (Å²) in [7, 11) is 0. The van der Waals surface area contributed by atoms with Gasteiger partial charge in [-0.15, -0.1) is 0 Å². The zero-order chi connectivity index (χ0) is 9.68.